The van der Waals surface area contributed by atoms with Gasteiger partial charge in [0, 0.05) is 22.6 Å². The Morgan fingerprint density at radius 2 is 1.95 bits per heavy atom. The standard InChI is InChI=1S/C17H18O5/c1-10(2)16(18)21-8-7-20-13-5-6-14-11(3)12(4)17(19)22-15(14)9-13/h5-6,9H,1,7-8H2,2-4H3. The summed E-state index contributed by atoms with van der Waals surface area (Å²) in [5.74, 6) is 0.101. The van der Waals surface area contributed by atoms with Crippen molar-refractivity contribution in [2.45, 2.75) is 20.8 Å². The molecule has 0 N–H and O–H groups in total. The van der Waals surface area contributed by atoms with Gasteiger partial charge in [0.1, 0.15) is 24.5 Å². The van der Waals surface area contributed by atoms with Gasteiger partial charge in [-0.15, -0.1) is 0 Å². The van der Waals surface area contributed by atoms with Gasteiger partial charge in [0.05, 0.1) is 0 Å². The Morgan fingerprint density at radius 3 is 2.64 bits per heavy atom. The molecule has 0 spiro atoms. The number of rotatable bonds is 5. The van der Waals surface area contributed by atoms with Gasteiger partial charge in [0.2, 0.25) is 0 Å². The molecule has 0 fully saturated rings. The van der Waals surface area contributed by atoms with Crippen LogP contribution in [-0.4, -0.2) is 19.2 Å². The lowest BCUT2D eigenvalue weighted by molar-refractivity contribution is -0.139. The highest BCUT2D eigenvalue weighted by atomic mass is 16.6. The number of carbonyl (C=O) groups is 1. The quantitative estimate of drug-likeness (QED) is 0.368. The fourth-order valence-electron chi connectivity index (χ4n) is 1.94. The molecule has 0 bridgehead atoms. The summed E-state index contributed by atoms with van der Waals surface area (Å²) in [4.78, 5) is 22.9. The first-order valence-electron chi connectivity index (χ1n) is 6.89. The molecule has 0 aliphatic heterocycles. The fourth-order valence-corrected chi connectivity index (χ4v) is 1.94. The predicted octanol–water partition coefficient (Wildman–Crippen LogP) is 2.91. The normalized spacial score (nSPS) is 10.5. The van der Waals surface area contributed by atoms with Crippen molar-refractivity contribution in [3.63, 3.8) is 0 Å². The molecule has 0 radical (unpaired) electrons. The van der Waals surface area contributed by atoms with E-state index in [2.05, 4.69) is 6.58 Å². The Bertz CT molecular complexity index is 785. The van der Waals surface area contributed by atoms with E-state index in [1.54, 1.807) is 26.0 Å². The Kier molecular flexibility index (Phi) is 4.65. The van der Waals surface area contributed by atoms with Crippen molar-refractivity contribution in [3.05, 3.63) is 51.9 Å². The highest BCUT2D eigenvalue weighted by Crippen LogP contribution is 2.23. The summed E-state index contributed by atoms with van der Waals surface area (Å²) in [5.41, 5.74) is 1.97. The van der Waals surface area contributed by atoms with Crippen molar-refractivity contribution < 1.29 is 18.7 Å². The van der Waals surface area contributed by atoms with E-state index in [1.165, 1.54) is 0 Å². The van der Waals surface area contributed by atoms with Crippen molar-refractivity contribution in [2.75, 3.05) is 13.2 Å². The molecule has 0 unspecified atom stereocenters. The molecule has 0 amide bonds. The second-order valence-corrected chi connectivity index (χ2v) is 5.06. The molecule has 1 aromatic carbocycles. The third-order valence-corrected chi connectivity index (χ3v) is 3.36. The Hall–Kier alpha value is -2.56. The third-order valence-electron chi connectivity index (χ3n) is 3.36. The number of aryl methyl sites for hydroxylation is 1. The number of benzene rings is 1. The topological polar surface area (TPSA) is 65.7 Å². The highest BCUT2D eigenvalue weighted by Gasteiger charge is 2.08. The maximum atomic E-state index is 11.7. The molecule has 2 aromatic rings. The van der Waals surface area contributed by atoms with Crippen LogP contribution in [0, 0.1) is 13.8 Å². The van der Waals surface area contributed by atoms with E-state index in [9.17, 15) is 9.59 Å². The third kappa shape index (κ3) is 3.36. The number of carbonyl (C=O) groups excluding carboxylic acids is 1. The van der Waals surface area contributed by atoms with Crippen molar-refractivity contribution in [2.24, 2.45) is 0 Å². The molecule has 22 heavy (non-hydrogen) atoms. The van der Waals surface area contributed by atoms with Gasteiger partial charge in [-0.2, -0.15) is 0 Å². The molecule has 116 valence electrons. The largest absolute Gasteiger partial charge is 0.490 e. The molecule has 5 nitrogen and oxygen atoms in total. The van der Waals surface area contributed by atoms with Gasteiger partial charge >= 0.3 is 11.6 Å². The van der Waals surface area contributed by atoms with E-state index in [1.807, 2.05) is 13.0 Å². The maximum Gasteiger partial charge on any atom is 0.339 e. The molecule has 0 saturated carbocycles. The van der Waals surface area contributed by atoms with Crippen molar-refractivity contribution in [3.8, 4) is 5.75 Å². The van der Waals surface area contributed by atoms with Crippen LogP contribution in [0.3, 0.4) is 0 Å². The van der Waals surface area contributed by atoms with Crippen LogP contribution in [-0.2, 0) is 9.53 Å². The second kappa shape index (κ2) is 6.47. The van der Waals surface area contributed by atoms with Crippen LogP contribution < -0.4 is 10.4 Å². The number of fused-ring (bicyclic) bond motifs is 1. The zero-order valence-corrected chi connectivity index (χ0v) is 12.9. The van der Waals surface area contributed by atoms with Gasteiger partial charge in [-0.3, -0.25) is 0 Å². The van der Waals surface area contributed by atoms with E-state index in [0.717, 1.165) is 10.9 Å². The summed E-state index contributed by atoms with van der Waals surface area (Å²) >= 11 is 0. The molecule has 5 heteroatoms. The molecule has 0 aliphatic rings. The van der Waals surface area contributed by atoms with E-state index >= 15 is 0 Å². The van der Waals surface area contributed by atoms with Gasteiger partial charge < -0.3 is 13.9 Å². The molecule has 1 heterocycles. The number of hydrogen-bond acceptors (Lipinski definition) is 5. The average Bonchev–Trinajstić information content (AvgIpc) is 2.48. The van der Waals surface area contributed by atoms with Crippen LogP contribution in [0.1, 0.15) is 18.1 Å². The van der Waals surface area contributed by atoms with E-state index in [-0.39, 0.29) is 18.8 Å². The smallest absolute Gasteiger partial charge is 0.339 e. The number of esters is 1. The highest BCUT2D eigenvalue weighted by molar-refractivity contribution is 5.86. The molecule has 0 atom stereocenters. The first kappa shape index (κ1) is 15.8. The Morgan fingerprint density at radius 1 is 1.23 bits per heavy atom. The van der Waals surface area contributed by atoms with Gasteiger partial charge in [0.25, 0.3) is 0 Å². The number of hydrogen-bond donors (Lipinski definition) is 0. The molecular weight excluding hydrogens is 284 g/mol. The van der Waals surface area contributed by atoms with Crippen LogP contribution >= 0.6 is 0 Å². The minimum Gasteiger partial charge on any atom is -0.490 e. The Balaban J connectivity index is 2.07. The minimum absolute atomic E-state index is 0.126. The lowest BCUT2D eigenvalue weighted by atomic mass is 10.1. The Labute approximate surface area is 128 Å². The molecular formula is C17H18O5. The van der Waals surface area contributed by atoms with Gasteiger partial charge in [0.15, 0.2) is 0 Å². The first-order chi connectivity index (χ1) is 10.4. The van der Waals surface area contributed by atoms with Gasteiger partial charge in [-0.1, -0.05) is 6.58 Å². The summed E-state index contributed by atoms with van der Waals surface area (Å²) in [6.45, 7) is 9.03. The van der Waals surface area contributed by atoms with E-state index in [4.69, 9.17) is 13.9 Å². The fraction of sp³-hybridized carbons (Fsp3) is 0.294. The van der Waals surface area contributed by atoms with E-state index < -0.39 is 5.97 Å². The molecule has 0 aliphatic carbocycles. The first-order valence-corrected chi connectivity index (χ1v) is 6.89. The predicted molar refractivity (Wildman–Crippen MR) is 83.2 cm³/mol. The maximum absolute atomic E-state index is 11.7. The number of ether oxygens (including phenoxy) is 2. The van der Waals surface area contributed by atoms with Crippen molar-refractivity contribution in [1.82, 2.24) is 0 Å². The monoisotopic (exact) mass is 302 g/mol. The van der Waals surface area contributed by atoms with E-state index in [0.29, 0.717) is 22.5 Å². The van der Waals surface area contributed by atoms with Crippen molar-refractivity contribution in [1.29, 1.82) is 0 Å². The zero-order valence-electron chi connectivity index (χ0n) is 12.9. The summed E-state index contributed by atoms with van der Waals surface area (Å²) in [5, 5.41) is 0.873. The van der Waals surface area contributed by atoms with Crippen LogP contribution in [0.2, 0.25) is 0 Å². The van der Waals surface area contributed by atoms with Gasteiger partial charge in [-0.25, -0.2) is 9.59 Å². The average molecular weight is 302 g/mol. The van der Waals surface area contributed by atoms with Crippen LogP contribution in [0.5, 0.6) is 5.75 Å². The lowest BCUT2D eigenvalue weighted by Crippen LogP contribution is -2.12. The zero-order chi connectivity index (χ0) is 16.3. The second-order valence-electron chi connectivity index (χ2n) is 5.06. The van der Waals surface area contributed by atoms with Crippen LogP contribution in [0.4, 0.5) is 0 Å². The summed E-state index contributed by atoms with van der Waals surface area (Å²) < 4.78 is 15.7. The molecule has 2 rings (SSSR count). The van der Waals surface area contributed by atoms with Crippen molar-refractivity contribution >= 4 is 16.9 Å². The molecule has 1 aromatic heterocycles. The lowest BCUT2D eigenvalue weighted by Gasteiger charge is -2.09. The summed E-state index contributed by atoms with van der Waals surface area (Å²) in [7, 11) is 0. The summed E-state index contributed by atoms with van der Waals surface area (Å²) in [6, 6.07) is 5.29. The minimum atomic E-state index is -0.445. The summed E-state index contributed by atoms with van der Waals surface area (Å²) in [6.07, 6.45) is 0. The SMILES string of the molecule is C=C(C)C(=O)OCCOc1ccc2c(C)c(C)c(=O)oc2c1. The van der Waals surface area contributed by atoms with Crippen LogP contribution in [0.25, 0.3) is 11.0 Å². The van der Waals surface area contributed by atoms with Gasteiger partial charge in [-0.05, 0) is 38.5 Å². The van der Waals surface area contributed by atoms with Crippen LogP contribution in [0.15, 0.2) is 39.6 Å². The molecule has 0 saturated heterocycles.